The molecule has 0 aliphatic carbocycles. The Labute approximate surface area is 188 Å². The number of pyridine rings is 1. The molecule has 6 heteroatoms. The van der Waals surface area contributed by atoms with Gasteiger partial charge in [0, 0.05) is 61.4 Å². The van der Waals surface area contributed by atoms with Crippen molar-refractivity contribution in [3.63, 3.8) is 0 Å². The second kappa shape index (κ2) is 10.1. The molecule has 32 heavy (non-hydrogen) atoms. The van der Waals surface area contributed by atoms with E-state index in [1.807, 2.05) is 19.9 Å². The van der Waals surface area contributed by atoms with Crippen molar-refractivity contribution in [2.75, 3.05) is 32.8 Å². The fraction of sp³-hybridized carbons (Fsp3) is 0.385. The van der Waals surface area contributed by atoms with Crippen molar-refractivity contribution in [3.05, 3.63) is 81.1 Å². The molecule has 1 aromatic heterocycles. The first-order valence-electron chi connectivity index (χ1n) is 11.4. The molecule has 0 bridgehead atoms. The molecule has 0 unspecified atom stereocenters. The Morgan fingerprint density at radius 3 is 2.38 bits per heavy atom. The van der Waals surface area contributed by atoms with Crippen LogP contribution in [0.15, 0.2) is 53.3 Å². The van der Waals surface area contributed by atoms with E-state index in [0.717, 1.165) is 55.9 Å². The lowest BCUT2D eigenvalue weighted by atomic mass is 10.1. The van der Waals surface area contributed by atoms with E-state index in [-0.39, 0.29) is 11.4 Å². The van der Waals surface area contributed by atoms with Gasteiger partial charge in [0.25, 0.3) is 0 Å². The number of H-pyrrole nitrogens is 1. The summed E-state index contributed by atoms with van der Waals surface area (Å²) in [5, 5.41) is 0.541. The molecule has 1 aliphatic rings. The second-order valence-electron chi connectivity index (χ2n) is 8.49. The molecule has 0 amide bonds. The van der Waals surface area contributed by atoms with E-state index in [2.05, 4.69) is 39.0 Å². The summed E-state index contributed by atoms with van der Waals surface area (Å²) in [6.07, 6.45) is 0.766. The normalized spacial score (nSPS) is 15.2. The standard InChI is InChI=1S/C26H31N3O3/c1-3-15-32-26(31)21-9-10-24-22(16-21)25(30)23(19(2)27-24)18-29-13-11-28(12-14-29)17-20-7-5-4-6-8-20/h4-10,16H,3,11-15,17-18H2,1-2H3,(H,27,30). The smallest absolute Gasteiger partial charge is 0.338 e. The molecule has 1 fully saturated rings. The third kappa shape index (κ3) is 5.09. The molecule has 0 spiro atoms. The fourth-order valence-electron chi connectivity index (χ4n) is 4.22. The third-order valence-electron chi connectivity index (χ3n) is 6.08. The van der Waals surface area contributed by atoms with Gasteiger partial charge in [0.2, 0.25) is 0 Å². The van der Waals surface area contributed by atoms with Crippen LogP contribution in [0.4, 0.5) is 0 Å². The zero-order valence-corrected chi connectivity index (χ0v) is 18.9. The van der Waals surface area contributed by atoms with Crippen molar-refractivity contribution in [1.29, 1.82) is 0 Å². The van der Waals surface area contributed by atoms with Crippen molar-refractivity contribution < 1.29 is 9.53 Å². The molecule has 0 saturated carbocycles. The summed E-state index contributed by atoms with van der Waals surface area (Å²) < 4.78 is 5.23. The average Bonchev–Trinajstić information content (AvgIpc) is 2.82. The molecule has 1 N–H and O–H groups in total. The van der Waals surface area contributed by atoms with Crippen LogP contribution in [0.3, 0.4) is 0 Å². The predicted octanol–water partition coefficient (Wildman–Crippen LogP) is 3.72. The van der Waals surface area contributed by atoms with E-state index >= 15 is 0 Å². The molecular weight excluding hydrogens is 402 g/mol. The highest BCUT2D eigenvalue weighted by Crippen LogP contribution is 2.17. The van der Waals surface area contributed by atoms with Gasteiger partial charge in [0.05, 0.1) is 12.2 Å². The molecule has 1 aliphatic heterocycles. The lowest BCUT2D eigenvalue weighted by molar-refractivity contribution is 0.0505. The SMILES string of the molecule is CCCOC(=O)c1ccc2[nH]c(C)c(CN3CCN(Cc4ccccc4)CC3)c(=O)c2c1. The van der Waals surface area contributed by atoms with Crippen LogP contribution in [-0.2, 0) is 17.8 Å². The quantitative estimate of drug-likeness (QED) is 0.576. The Morgan fingerprint density at radius 2 is 1.69 bits per heavy atom. The number of aromatic nitrogens is 1. The molecule has 2 heterocycles. The summed E-state index contributed by atoms with van der Waals surface area (Å²) in [7, 11) is 0. The largest absolute Gasteiger partial charge is 0.462 e. The molecule has 4 rings (SSSR count). The minimum Gasteiger partial charge on any atom is -0.462 e. The second-order valence-corrected chi connectivity index (χ2v) is 8.49. The number of hydrogen-bond acceptors (Lipinski definition) is 5. The maximum Gasteiger partial charge on any atom is 0.338 e. The van der Waals surface area contributed by atoms with Gasteiger partial charge in [0.15, 0.2) is 5.43 Å². The van der Waals surface area contributed by atoms with Gasteiger partial charge >= 0.3 is 5.97 Å². The molecule has 1 saturated heterocycles. The van der Waals surface area contributed by atoms with Gasteiger partial charge in [-0.3, -0.25) is 14.6 Å². The van der Waals surface area contributed by atoms with Crippen LogP contribution in [0.5, 0.6) is 0 Å². The van der Waals surface area contributed by atoms with Gasteiger partial charge < -0.3 is 9.72 Å². The summed E-state index contributed by atoms with van der Waals surface area (Å²) in [5.41, 5.74) is 4.14. The molecule has 168 valence electrons. The number of nitrogens with zero attached hydrogens (tertiary/aromatic N) is 2. The van der Waals surface area contributed by atoms with Crippen molar-refractivity contribution in [2.24, 2.45) is 0 Å². The van der Waals surface area contributed by atoms with Crippen LogP contribution >= 0.6 is 0 Å². The van der Waals surface area contributed by atoms with Gasteiger partial charge in [-0.2, -0.15) is 0 Å². The molecule has 0 atom stereocenters. The topological polar surface area (TPSA) is 65.6 Å². The number of piperazine rings is 1. The van der Waals surface area contributed by atoms with Gasteiger partial charge in [-0.1, -0.05) is 37.3 Å². The summed E-state index contributed by atoms with van der Waals surface area (Å²) in [6, 6.07) is 15.7. The Kier molecular flexibility index (Phi) is 7.02. The van der Waals surface area contributed by atoms with Crippen molar-refractivity contribution in [1.82, 2.24) is 14.8 Å². The monoisotopic (exact) mass is 433 g/mol. The zero-order chi connectivity index (χ0) is 22.5. The van der Waals surface area contributed by atoms with Crippen LogP contribution in [0.1, 0.15) is 40.5 Å². The molecule has 3 aromatic rings. The number of carbonyl (C=O) groups excluding carboxylic acids is 1. The van der Waals surface area contributed by atoms with Crippen molar-refractivity contribution in [3.8, 4) is 0 Å². The Morgan fingerprint density at radius 1 is 1.00 bits per heavy atom. The highest BCUT2D eigenvalue weighted by atomic mass is 16.5. The van der Waals surface area contributed by atoms with Gasteiger partial charge in [-0.25, -0.2) is 4.79 Å². The van der Waals surface area contributed by atoms with Crippen LogP contribution in [0.2, 0.25) is 0 Å². The number of aromatic amines is 1. The summed E-state index contributed by atoms with van der Waals surface area (Å²) in [5.74, 6) is -0.384. The molecular formula is C26H31N3O3. The number of esters is 1. The van der Waals surface area contributed by atoms with E-state index < -0.39 is 0 Å². The third-order valence-corrected chi connectivity index (χ3v) is 6.08. The van der Waals surface area contributed by atoms with Crippen LogP contribution < -0.4 is 5.43 Å². The maximum absolute atomic E-state index is 13.3. The summed E-state index contributed by atoms with van der Waals surface area (Å²) in [6.45, 7) is 9.66. The minimum absolute atomic E-state index is 0.00638. The lowest BCUT2D eigenvalue weighted by Crippen LogP contribution is -2.46. The van der Waals surface area contributed by atoms with E-state index in [0.29, 0.717) is 24.1 Å². The van der Waals surface area contributed by atoms with E-state index in [4.69, 9.17) is 4.74 Å². The number of nitrogens with one attached hydrogen (secondary N) is 1. The van der Waals surface area contributed by atoms with Gasteiger partial charge in [0.1, 0.15) is 0 Å². The predicted molar refractivity (Wildman–Crippen MR) is 127 cm³/mol. The number of aryl methyl sites for hydroxylation is 1. The maximum atomic E-state index is 13.3. The number of ether oxygens (including phenoxy) is 1. The fourth-order valence-corrected chi connectivity index (χ4v) is 4.22. The summed E-state index contributed by atoms with van der Waals surface area (Å²) in [4.78, 5) is 33.7. The van der Waals surface area contributed by atoms with Crippen molar-refractivity contribution in [2.45, 2.75) is 33.4 Å². The zero-order valence-electron chi connectivity index (χ0n) is 18.9. The van der Waals surface area contributed by atoms with Crippen molar-refractivity contribution >= 4 is 16.9 Å². The Balaban J connectivity index is 1.47. The van der Waals surface area contributed by atoms with E-state index in [1.165, 1.54) is 5.56 Å². The lowest BCUT2D eigenvalue weighted by Gasteiger charge is -2.34. The average molecular weight is 434 g/mol. The summed E-state index contributed by atoms with van der Waals surface area (Å²) >= 11 is 0. The van der Waals surface area contributed by atoms with Crippen LogP contribution in [0.25, 0.3) is 10.9 Å². The number of fused-ring (bicyclic) bond motifs is 1. The minimum atomic E-state index is -0.384. The van der Waals surface area contributed by atoms with E-state index in [9.17, 15) is 9.59 Å². The van der Waals surface area contributed by atoms with E-state index in [1.54, 1.807) is 18.2 Å². The van der Waals surface area contributed by atoms with Gasteiger partial charge in [-0.05, 0) is 37.1 Å². The first-order chi connectivity index (χ1) is 15.5. The number of rotatable bonds is 7. The number of hydrogen-bond donors (Lipinski definition) is 1. The number of carbonyl (C=O) groups is 1. The highest BCUT2D eigenvalue weighted by Gasteiger charge is 2.20. The first-order valence-corrected chi connectivity index (χ1v) is 11.4. The molecule has 6 nitrogen and oxygen atoms in total. The Bertz CT molecular complexity index is 1130. The first kappa shape index (κ1) is 22.2. The van der Waals surface area contributed by atoms with Crippen LogP contribution in [0, 0.1) is 6.92 Å². The number of benzene rings is 2. The Hall–Kier alpha value is -2.96. The van der Waals surface area contributed by atoms with Crippen LogP contribution in [-0.4, -0.2) is 53.5 Å². The molecule has 0 radical (unpaired) electrons. The molecule has 2 aromatic carbocycles. The van der Waals surface area contributed by atoms with Gasteiger partial charge in [-0.15, -0.1) is 0 Å². The highest BCUT2D eigenvalue weighted by molar-refractivity contribution is 5.94.